The van der Waals surface area contributed by atoms with Crippen LogP contribution in [0.4, 0.5) is 0 Å². The molecule has 1 heterocycles. The van der Waals surface area contributed by atoms with Crippen molar-refractivity contribution >= 4 is 11.8 Å². The zero-order valence-electron chi connectivity index (χ0n) is 9.98. The second-order valence-electron chi connectivity index (χ2n) is 4.41. The predicted octanol–water partition coefficient (Wildman–Crippen LogP) is 1.13. The van der Waals surface area contributed by atoms with Gasteiger partial charge in [-0.1, -0.05) is 12.1 Å². The number of aryl methyl sites for hydroxylation is 1. The van der Waals surface area contributed by atoms with E-state index in [9.17, 15) is 5.11 Å². The van der Waals surface area contributed by atoms with E-state index in [-0.39, 0.29) is 0 Å². The summed E-state index contributed by atoms with van der Waals surface area (Å²) in [5.74, 6) is 1.24. The van der Waals surface area contributed by atoms with Crippen LogP contribution in [0, 0.1) is 0 Å². The Labute approximate surface area is 107 Å². The Morgan fingerprint density at radius 3 is 3.18 bits per heavy atom. The van der Waals surface area contributed by atoms with Gasteiger partial charge in [0.2, 0.25) is 0 Å². The number of nitrogens with two attached hydrogens (primary N) is 1. The van der Waals surface area contributed by atoms with Crippen LogP contribution in [0.2, 0.25) is 0 Å². The van der Waals surface area contributed by atoms with Crippen molar-refractivity contribution in [2.24, 2.45) is 5.73 Å². The molecule has 1 aromatic carbocycles. The average molecular weight is 252 g/mol. The predicted molar refractivity (Wildman–Crippen MR) is 72.3 cm³/mol. The first-order valence-electron chi connectivity index (χ1n) is 6.13. The highest BCUT2D eigenvalue weighted by atomic mass is 32.2. The Bertz CT molecular complexity index is 370. The maximum atomic E-state index is 9.34. The van der Waals surface area contributed by atoms with Crippen LogP contribution >= 0.6 is 11.8 Å². The molecule has 0 radical (unpaired) electrons. The summed E-state index contributed by atoms with van der Waals surface area (Å²) in [6.45, 7) is 1.67. The van der Waals surface area contributed by atoms with E-state index in [0.717, 1.165) is 6.54 Å². The van der Waals surface area contributed by atoms with Crippen LogP contribution in [0.5, 0.6) is 0 Å². The number of aliphatic hydroxyl groups is 1. The molecule has 1 unspecified atom stereocenters. The highest BCUT2D eigenvalue weighted by Crippen LogP contribution is 2.30. The Hall–Kier alpha value is -0.550. The minimum Gasteiger partial charge on any atom is -0.390 e. The summed E-state index contributed by atoms with van der Waals surface area (Å²) >= 11 is 1.95. The second-order valence-corrected chi connectivity index (χ2v) is 5.55. The van der Waals surface area contributed by atoms with Gasteiger partial charge in [0, 0.05) is 24.5 Å². The Balaban J connectivity index is 1.89. The lowest BCUT2D eigenvalue weighted by molar-refractivity contribution is 0.179. The fourth-order valence-corrected chi connectivity index (χ4v) is 3.01. The molecule has 0 aliphatic carbocycles. The average Bonchev–Trinajstić information content (AvgIpc) is 2.38. The van der Waals surface area contributed by atoms with Gasteiger partial charge in [0.05, 0.1) is 6.10 Å². The standard InChI is InChI=1S/C13H20N2OS/c14-7-12(16)9-15-8-10-3-4-13-11(6-10)2-1-5-17-13/h3-4,6,12,15-16H,1-2,5,7-9,14H2. The van der Waals surface area contributed by atoms with Crippen molar-refractivity contribution in [3.8, 4) is 0 Å². The van der Waals surface area contributed by atoms with Gasteiger partial charge in [0.1, 0.15) is 0 Å². The van der Waals surface area contributed by atoms with Crippen LogP contribution in [-0.2, 0) is 13.0 Å². The number of fused-ring (bicyclic) bond motifs is 1. The number of nitrogens with one attached hydrogen (secondary N) is 1. The Kier molecular flexibility index (Phi) is 4.86. The van der Waals surface area contributed by atoms with Crippen molar-refractivity contribution in [3.63, 3.8) is 0 Å². The van der Waals surface area contributed by atoms with E-state index >= 15 is 0 Å². The van der Waals surface area contributed by atoms with E-state index < -0.39 is 6.10 Å². The normalized spacial score (nSPS) is 16.6. The molecule has 1 aliphatic rings. The van der Waals surface area contributed by atoms with Gasteiger partial charge < -0.3 is 16.2 Å². The van der Waals surface area contributed by atoms with Crippen molar-refractivity contribution in [2.45, 2.75) is 30.4 Å². The molecular formula is C13H20N2OS. The zero-order chi connectivity index (χ0) is 12.1. The monoisotopic (exact) mass is 252 g/mol. The fraction of sp³-hybridized carbons (Fsp3) is 0.538. The highest BCUT2D eigenvalue weighted by molar-refractivity contribution is 7.99. The summed E-state index contributed by atoms with van der Waals surface area (Å²) in [5, 5.41) is 12.6. The maximum Gasteiger partial charge on any atom is 0.0786 e. The highest BCUT2D eigenvalue weighted by Gasteiger charge is 2.09. The van der Waals surface area contributed by atoms with Gasteiger partial charge in [0.25, 0.3) is 0 Å². The molecule has 0 saturated carbocycles. The number of rotatable bonds is 5. The summed E-state index contributed by atoms with van der Waals surface area (Å²) in [6, 6.07) is 6.66. The molecule has 3 nitrogen and oxygen atoms in total. The van der Waals surface area contributed by atoms with E-state index in [1.54, 1.807) is 0 Å². The van der Waals surface area contributed by atoms with Crippen LogP contribution < -0.4 is 11.1 Å². The molecule has 1 aliphatic heterocycles. The molecule has 1 atom stereocenters. The van der Waals surface area contributed by atoms with Crippen molar-refractivity contribution in [3.05, 3.63) is 29.3 Å². The van der Waals surface area contributed by atoms with E-state index in [2.05, 4.69) is 23.5 Å². The van der Waals surface area contributed by atoms with Gasteiger partial charge >= 0.3 is 0 Å². The molecule has 0 saturated heterocycles. The molecule has 4 N–H and O–H groups in total. The van der Waals surface area contributed by atoms with E-state index in [1.807, 2.05) is 11.8 Å². The van der Waals surface area contributed by atoms with Gasteiger partial charge in [0.15, 0.2) is 0 Å². The van der Waals surface area contributed by atoms with Crippen LogP contribution in [-0.4, -0.2) is 30.1 Å². The van der Waals surface area contributed by atoms with E-state index in [1.165, 1.54) is 34.6 Å². The van der Waals surface area contributed by atoms with Gasteiger partial charge in [-0.3, -0.25) is 0 Å². The molecule has 0 amide bonds. The fourth-order valence-electron chi connectivity index (χ4n) is 1.99. The minimum absolute atomic E-state index is 0.313. The van der Waals surface area contributed by atoms with Crippen LogP contribution in [0.1, 0.15) is 17.5 Å². The number of hydrogen-bond acceptors (Lipinski definition) is 4. The summed E-state index contributed by atoms with van der Waals surface area (Å²) < 4.78 is 0. The molecule has 2 rings (SSSR count). The topological polar surface area (TPSA) is 58.3 Å². The van der Waals surface area contributed by atoms with E-state index in [0.29, 0.717) is 13.1 Å². The Morgan fingerprint density at radius 1 is 1.47 bits per heavy atom. The summed E-state index contributed by atoms with van der Waals surface area (Å²) in [4.78, 5) is 1.43. The molecule has 94 valence electrons. The summed E-state index contributed by atoms with van der Waals surface area (Å²) in [7, 11) is 0. The number of aliphatic hydroxyl groups excluding tert-OH is 1. The first kappa shape index (κ1) is 12.9. The van der Waals surface area contributed by atoms with Gasteiger partial charge in [-0.05, 0) is 35.8 Å². The largest absolute Gasteiger partial charge is 0.390 e. The molecule has 17 heavy (non-hydrogen) atoms. The lowest BCUT2D eigenvalue weighted by Crippen LogP contribution is -2.32. The zero-order valence-corrected chi connectivity index (χ0v) is 10.8. The minimum atomic E-state index is -0.441. The lowest BCUT2D eigenvalue weighted by atomic mass is 10.1. The lowest BCUT2D eigenvalue weighted by Gasteiger charge is -2.16. The van der Waals surface area contributed by atoms with Crippen molar-refractivity contribution in [1.82, 2.24) is 5.32 Å². The smallest absolute Gasteiger partial charge is 0.0786 e. The number of hydrogen-bond donors (Lipinski definition) is 3. The first-order valence-corrected chi connectivity index (χ1v) is 7.11. The molecule has 0 aromatic heterocycles. The summed E-state index contributed by atoms with van der Waals surface area (Å²) in [5.41, 5.74) is 8.11. The van der Waals surface area contributed by atoms with E-state index in [4.69, 9.17) is 5.73 Å². The van der Waals surface area contributed by atoms with Gasteiger partial charge in [-0.25, -0.2) is 0 Å². The van der Waals surface area contributed by atoms with Gasteiger partial charge in [-0.15, -0.1) is 11.8 Å². The third kappa shape index (κ3) is 3.71. The molecule has 0 bridgehead atoms. The molecule has 0 spiro atoms. The molecular weight excluding hydrogens is 232 g/mol. The number of benzene rings is 1. The van der Waals surface area contributed by atoms with Crippen LogP contribution in [0.25, 0.3) is 0 Å². The van der Waals surface area contributed by atoms with Crippen molar-refractivity contribution in [1.29, 1.82) is 0 Å². The number of thioether (sulfide) groups is 1. The van der Waals surface area contributed by atoms with Crippen LogP contribution in [0.3, 0.4) is 0 Å². The first-order chi connectivity index (χ1) is 8.29. The van der Waals surface area contributed by atoms with Crippen LogP contribution in [0.15, 0.2) is 23.1 Å². The molecule has 1 aromatic rings. The quantitative estimate of drug-likeness (QED) is 0.735. The van der Waals surface area contributed by atoms with Gasteiger partial charge in [-0.2, -0.15) is 0 Å². The summed E-state index contributed by atoms with van der Waals surface area (Å²) in [6.07, 6.45) is 2.03. The molecule has 4 heteroatoms. The van der Waals surface area contributed by atoms with Crippen molar-refractivity contribution < 1.29 is 5.11 Å². The SMILES string of the molecule is NCC(O)CNCc1ccc2c(c1)CCCS2. The molecule has 0 fully saturated rings. The third-order valence-corrected chi connectivity index (χ3v) is 4.16. The van der Waals surface area contributed by atoms with Crippen molar-refractivity contribution in [2.75, 3.05) is 18.8 Å². The maximum absolute atomic E-state index is 9.34. The Morgan fingerprint density at radius 2 is 2.35 bits per heavy atom. The second kappa shape index (κ2) is 6.40. The third-order valence-electron chi connectivity index (χ3n) is 2.95.